The van der Waals surface area contributed by atoms with Crippen molar-refractivity contribution in [2.45, 2.75) is 26.3 Å². The number of hydrogen-bond acceptors (Lipinski definition) is 6. The summed E-state index contributed by atoms with van der Waals surface area (Å²) in [4.78, 5) is 36.1. The molecule has 3 heterocycles. The average molecular weight is 469 g/mol. The number of hydrogen-bond donors (Lipinski definition) is 1. The van der Waals surface area contributed by atoms with Crippen molar-refractivity contribution in [3.8, 4) is 29.0 Å². The maximum absolute atomic E-state index is 13.7. The molecule has 35 heavy (non-hydrogen) atoms. The third-order valence-corrected chi connectivity index (χ3v) is 6.05. The van der Waals surface area contributed by atoms with E-state index in [0.717, 1.165) is 11.3 Å². The van der Waals surface area contributed by atoms with E-state index < -0.39 is 0 Å². The zero-order valence-corrected chi connectivity index (χ0v) is 19.4. The van der Waals surface area contributed by atoms with E-state index >= 15 is 0 Å². The highest BCUT2D eigenvalue weighted by Gasteiger charge is 2.31. The first kappa shape index (κ1) is 22.2. The number of imidazole rings is 1. The number of nitrogens with two attached hydrogens (primary N) is 1. The molecule has 2 aromatic carbocycles. The highest BCUT2D eigenvalue weighted by atomic mass is 16.5. The van der Waals surface area contributed by atoms with Crippen molar-refractivity contribution in [1.82, 2.24) is 24.0 Å². The lowest BCUT2D eigenvalue weighted by molar-refractivity contribution is -0.124. The van der Waals surface area contributed by atoms with E-state index in [1.165, 1.54) is 10.9 Å². The summed E-state index contributed by atoms with van der Waals surface area (Å²) < 4.78 is 9.06. The molecule has 176 valence electrons. The van der Waals surface area contributed by atoms with Crippen LogP contribution in [-0.4, -0.2) is 43.0 Å². The average Bonchev–Trinajstić information content (AvgIpc) is 3.43. The van der Waals surface area contributed by atoms with Crippen LogP contribution in [-0.2, 0) is 4.79 Å². The Morgan fingerprint density at radius 2 is 1.94 bits per heavy atom. The summed E-state index contributed by atoms with van der Waals surface area (Å²) >= 11 is 0. The van der Waals surface area contributed by atoms with Crippen molar-refractivity contribution in [1.29, 1.82) is 0 Å². The number of benzene rings is 2. The number of nitrogen functional groups attached to an aromatic ring is 1. The highest BCUT2D eigenvalue weighted by molar-refractivity contribution is 5.93. The predicted octanol–water partition coefficient (Wildman–Crippen LogP) is 3.06. The number of amides is 1. The first-order valence-corrected chi connectivity index (χ1v) is 11.3. The van der Waals surface area contributed by atoms with Crippen molar-refractivity contribution in [2.75, 3.05) is 18.8 Å². The van der Waals surface area contributed by atoms with Crippen molar-refractivity contribution in [2.24, 2.45) is 0 Å². The number of aromatic nitrogens is 4. The quantitative estimate of drug-likeness (QED) is 0.461. The van der Waals surface area contributed by atoms with Gasteiger partial charge in [-0.1, -0.05) is 18.1 Å². The van der Waals surface area contributed by atoms with Gasteiger partial charge in [-0.15, -0.1) is 0 Å². The van der Waals surface area contributed by atoms with Crippen LogP contribution in [0.15, 0.2) is 59.7 Å². The summed E-state index contributed by atoms with van der Waals surface area (Å²) in [5, 5.41) is 0. The summed E-state index contributed by atoms with van der Waals surface area (Å²) in [7, 11) is 0. The van der Waals surface area contributed by atoms with E-state index in [2.05, 4.69) is 21.8 Å². The van der Waals surface area contributed by atoms with Crippen LogP contribution in [0.1, 0.15) is 24.9 Å². The lowest BCUT2D eigenvalue weighted by Crippen LogP contribution is -2.31. The molecule has 9 heteroatoms. The second-order valence-electron chi connectivity index (χ2n) is 8.40. The Morgan fingerprint density at radius 3 is 2.69 bits per heavy atom. The van der Waals surface area contributed by atoms with Gasteiger partial charge >= 0.3 is 5.69 Å². The number of carbonyl (C=O) groups excluding carboxylic acids is 1. The number of anilines is 1. The molecule has 1 atom stereocenters. The SMILES string of the molecule is CC#CC(=O)N1CCC(n2c(=O)n(-c3ccc(Oc4cccc(C)c4)cc3)c3c(N)ncnc32)C1. The van der Waals surface area contributed by atoms with Crippen LogP contribution in [0.3, 0.4) is 0 Å². The number of nitrogens with zero attached hydrogens (tertiary/aromatic N) is 5. The van der Waals surface area contributed by atoms with E-state index in [0.29, 0.717) is 42.1 Å². The zero-order valence-electron chi connectivity index (χ0n) is 19.4. The molecule has 0 bridgehead atoms. The molecule has 5 rings (SSSR count). The van der Waals surface area contributed by atoms with Crippen LogP contribution in [0, 0.1) is 18.8 Å². The fourth-order valence-corrected chi connectivity index (χ4v) is 4.44. The monoisotopic (exact) mass is 468 g/mol. The van der Waals surface area contributed by atoms with Gasteiger partial charge in [0.1, 0.15) is 23.3 Å². The molecule has 1 aliphatic rings. The summed E-state index contributed by atoms with van der Waals surface area (Å²) in [5.74, 6) is 6.53. The summed E-state index contributed by atoms with van der Waals surface area (Å²) in [6, 6.07) is 14.7. The second kappa shape index (κ2) is 8.99. The standard InChI is InChI=1S/C26H24N6O3/c1-3-5-22(33)30-13-12-19(15-30)32-25-23(24(27)28-16-29-25)31(26(32)34)18-8-10-20(11-9-18)35-21-7-4-6-17(2)14-21/h4,6-11,14,16,19H,12-13,15H2,1-2H3,(H2,27,28,29). The Hall–Kier alpha value is -4.58. The highest BCUT2D eigenvalue weighted by Crippen LogP contribution is 2.29. The first-order chi connectivity index (χ1) is 17.0. The maximum atomic E-state index is 13.7. The molecule has 4 aromatic rings. The minimum Gasteiger partial charge on any atom is -0.457 e. The molecule has 0 saturated carbocycles. The van der Waals surface area contributed by atoms with Gasteiger partial charge in [-0.3, -0.25) is 13.9 Å². The molecule has 1 fully saturated rings. The minimum absolute atomic E-state index is 0.203. The number of fused-ring (bicyclic) bond motifs is 1. The Bertz CT molecular complexity index is 1540. The molecule has 0 radical (unpaired) electrons. The van der Waals surface area contributed by atoms with Gasteiger partial charge in [0.05, 0.1) is 11.7 Å². The third kappa shape index (κ3) is 4.10. The molecular weight excluding hydrogens is 444 g/mol. The molecule has 1 saturated heterocycles. The van der Waals surface area contributed by atoms with Gasteiger partial charge in [-0.25, -0.2) is 14.8 Å². The summed E-state index contributed by atoms with van der Waals surface area (Å²) in [5.41, 5.74) is 8.49. The number of aryl methyl sites for hydroxylation is 1. The van der Waals surface area contributed by atoms with Crippen LogP contribution in [0.2, 0.25) is 0 Å². The lowest BCUT2D eigenvalue weighted by atomic mass is 10.2. The van der Waals surface area contributed by atoms with Crippen LogP contribution in [0.4, 0.5) is 5.82 Å². The van der Waals surface area contributed by atoms with Gasteiger partial charge in [-0.2, -0.15) is 0 Å². The van der Waals surface area contributed by atoms with Gasteiger partial charge in [0.25, 0.3) is 5.91 Å². The third-order valence-electron chi connectivity index (χ3n) is 6.05. The van der Waals surface area contributed by atoms with Crippen LogP contribution < -0.4 is 16.2 Å². The predicted molar refractivity (Wildman–Crippen MR) is 132 cm³/mol. The fourth-order valence-electron chi connectivity index (χ4n) is 4.44. The molecule has 2 aromatic heterocycles. The van der Waals surface area contributed by atoms with E-state index in [4.69, 9.17) is 10.5 Å². The molecule has 1 aliphatic heterocycles. The van der Waals surface area contributed by atoms with Crippen molar-refractivity contribution in [3.63, 3.8) is 0 Å². The fraction of sp³-hybridized carbons (Fsp3) is 0.231. The summed E-state index contributed by atoms with van der Waals surface area (Å²) in [6.45, 7) is 4.52. The number of ether oxygens (including phenoxy) is 1. The van der Waals surface area contributed by atoms with Crippen molar-refractivity contribution in [3.05, 3.63) is 70.9 Å². The van der Waals surface area contributed by atoms with E-state index in [1.54, 1.807) is 40.7 Å². The van der Waals surface area contributed by atoms with Gasteiger partial charge in [-0.05, 0) is 68.2 Å². The van der Waals surface area contributed by atoms with E-state index in [9.17, 15) is 9.59 Å². The molecule has 0 aliphatic carbocycles. The Balaban J connectivity index is 1.53. The largest absolute Gasteiger partial charge is 0.457 e. The summed E-state index contributed by atoms with van der Waals surface area (Å²) in [6.07, 6.45) is 1.96. The Morgan fingerprint density at radius 1 is 1.14 bits per heavy atom. The Labute approximate surface area is 201 Å². The molecule has 1 amide bonds. The van der Waals surface area contributed by atoms with Crippen molar-refractivity contribution >= 4 is 22.9 Å². The topological polar surface area (TPSA) is 108 Å². The molecule has 2 N–H and O–H groups in total. The van der Waals surface area contributed by atoms with E-state index in [1.807, 2.05) is 31.2 Å². The molecule has 1 unspecified atom stereocenters. The van der Waals surface area contributed by atoms with Gasteiger partial charge in [0.2, 0.25) is 0 Å². The molecular formula is C26H24N6O3. The number of rotatable bonds is 4. The zero-order chi connectivity index (χ0) is 24.5. The van der Waals surface area contributed by atoms with Gasteiger partial charge in [0.15, 0.2) is 11.5 Å². The minimum atomic E-state index is -0.291. The van der Waals surface area contributed by atoms with Crippen LogP contribution in [0.25, 0.3) is 16.9 Å². The van der Waals surface area contributed by atoms with E-state index in [-0.39, 0.29) is 23.5 Å². The number of carbonyl (C=O) groups is 1. The Kier molecular flexibility index (Phi) is 5.71. The smallest absolute Gasteiger partial charge is 0.335 e. The molecule has 9 nitrogen and oxygen atoms in total. The first-order valence-electron chi connectivity index (χ1n) is 11.3. The van der Waals surface area contributed by atoms with Gasteiger partial charge < -0.3 is 15.4 Å². The van der Waals surface area contributed by atoms with Crippen LogP contribution in [0.5, 0.6) is 11.5 Å². The second-order valence-corrected chi connectivity index (χ2v) is 8.40. The normalized spacial score (nSPS) is 15.1. The van der Waals surface area contributed by atoms with Gasteiger partial charge in [0, 0.05) is 13.1 Å². The molecule has 0 spiro atoms. The van der Waals surface area contributed by atoms with Crippen LogP contribution >= 0.6 is 0 Å². The van der Waals surface area contributed by atoms with Crippen molar-refractivity contribution < 1.29 is 9.53 Å². The number of likely N-dealkylation sites (tertiary alicyclic amines) is 1. The lowest BCUT2D eigenvalue weighted by Gasteiger charge is -2.14. The maximum Gasteiger partial charge on any atom is 0.335 e.